The van der Waals surface area contributed by atoms with Crippen LogP contribution in [0.25, 0.3) is 0 Å². The van der Waals surface area contributed by atoms with Gasteiger partial charge in [-0.2, -0.15) is 0 Å². The van der Waals surface area contributed by atoms with Crippen LogP contribution in [0.3, 0.4) is 0 Å². The summed E-state index contributed by atoms with van der Waals surface area (Å²) < 4.78 is 0. The predicted molar refractivity (Wildman–Crippen MR) is 87.7 cm³/mol. The summed E-state index contributed by atoms with van der Waals surface area (Å²) in [6.07, 6.45) is 6.15. The minimum atomic E-state index is 0.592. The van der Waals surface area contributed by atoms with E-state index in [-0.39, 0.29) is 0 Å². The summed E-state index contributed by atoms with van der Waals surface area (Å²) in [5.74, 6) is 0.867. The van der Waals surface area contributed by atoms with E-state index in [0.29, 0.717) is 12.1 Å². The van der Waals surface area contributed by atoms with E-state index < -0.39 is 0 Å². The fraction of sp³-hybridized carbons (Fsp3) is 0.750. The van der Waals surface area contributed by atoms with Gasteiger partial charge in [0.1, 0.15) is 0 Å². The average Bonchev–Trinajstić information content (AvgIpc) is 2.52. The highest BCUT2D eigenvalue weighted by molar-refractivity contribution is 5.29. The summed E-state index contributed by atoms with van der Waals surface area (Å²) in [6.45, 7) is 12.2. The van der Waals surface area contributed by atoms with Crippen molar-refractivity contribution in [3.63, 3.8) is 0 Å². The van der Waals surface area contributed by atoms with E-state index in [1.807, 2.05) is 18.5 Å². The van der Waals surface area contributed by atoms with Crippen molar-refractivity contribution < 1.29 is 0 Å². The third kappa shape index (κ3) is 5.25. The van der Waals surface area contributed by atoms with Crippen molar-refractivity contribution >= 4 is 5.95 Å². The summed E-state index contributed by atoms with van der Waals surface area (Å²) in [5.41, 5.74) is 0. The fourth-order valence-electron chi connectivity index (χ4n) is 2.79. The molecule has 2 heterocycles. The summed E-state index contributed by atoms with van der Waals surface area (Å²) in [5, 5.41) is 3.49. The Morgan fingerprint density at radius 1 is 1.10 bits per heavy atom. The maximum Gasteiger partial charge on any atom is 0.225 e. The fourth-order valence-corrected chi connectivity index (χ4v) is 2.79. The zero-order chi connectivity index (χ0) is 15.1. The molecule has 1 aliphatic heterocycles. The lowest BCUT2D eigenvalue weighted by atomic mass is 10.1. The Hall–Kier alpha value is -1.20. The van der Waals surface area contributed by atoms with E-state index in [9.17, 15) is 0 Å². The number of aromatic nitrogens is 2. The summed E-state index contributed by atoms with van der Waals surface area (Å²) in [7, 11) is 0. The first kappa shape index (κ1) is 16.2. The first-order valence-corrected chi connectivity index (χ1v) is 8.16. The van der Waals surface area contributed by atoms with Crippen LogP contribution < -0.4 is 10.2 Å². The Bertz CT molecular complexity index is 387. The van der Waals surface area contributed by atoms with Crippen LogP contribution in [-0.2, 0) is 0 Å². The summed E-state index contributed by atoms with van der Waals surface area (Å²) in [4.78, 5) is 13.5. The summed E-state index contributed by atoms with van der Waals surface area (Å²) >= 11 is 0. The lowest BCUT2D eigenvalue weighted by Gasteiger charge is -2.38. The predicted octanol–water partition coefficient (Wildman–Crippen LogP) is 1.77. The van der Waals surface area contributed by atoms with Crippen LogP contribution in [0.2, 0.25) is 0 Å². The smallest absolute Gasteiger partial charge is 0.225 e. The Kier molecular flexibility index (Phi) is 6.39. The van der Waals surface area contributed by atoms with Crippen molar-refractivity contribution in [2.24, 2.45) is 0 Å². The number of piperazine rings is 1. The molecule has 0 aliphatic carbocycles. The second kappa shape index (κ2) is 8.29. The third-order valence-electron chi connectivity index (χ3n) is 4.12. The molecule has 118 valence electrons. The second-order valence-electron chi connectivity index (χ2n) is 6.17. The van der Waals surface area contributed by atoms with Crippen molar-refractivity contribution in [2.45, 2.75) is 45.7 Å². The molecule has 2 rings (SSSR count). The van der Waals surface area contributed by atoms with Gasteiger partial charge in [-0.15, -0.1) is 0 Å². The molecule has 1 atom stereocenters. The molecule has 5 nitrogen and oxygen atoms in total. The Morgan fingerprint density at radius 2 is 1.76 bits per heavy atom. The molecular formula is C16H29N5. The molecule has 5 heteroatoms. The lowest BCUT2D eigenvalue weighted by molar-refractivity contribution is 0.185. The lowest BCUT2D eigenvalue weighted by Crippen LogP contribution is -2.50. The van der Waals surface area contributed by atoms with Crippen LogP contribution >= 0.6 is 0 Å². The van der Waals surface area contributed by atoms with Crippen LogP contribution in [0.4, 0.5) is 5.95 Å². The van der Waals surface area contributed by atoms with Gasteiger partial charge in [0.2, 0.25) is 5.95 Å². The van der Waals surface area contributed by atoms with Gasteiger partial charge >= 0.3 is 0 Å². The zero-order valence-electron chi connectivity index (χ0n) is 13.6. The molecule has 0 aromatic carbocycles. The van der Waals surface area contributed by atoms with Crippen LogP contribution in [0, 0.1) is 0 Å². The molecule has 1 N–H and O–H groups in total. The Labute approximate surface area is 128 Å². The molecule has 1 unspecified atom stereocenters. The number of nitrogens with zero attached hydrogens (tertiary/aromatic N) is 4. The molecule has 0 saturated carbocycles. The largest absolute Gasteiger partial charge is 0.338 e. The van der Waals surface area contributed by atoms with E-state index in [1.165, 1.54) is 12.8 Å². The second-order valence-corrected chi connectivity index (χ2v) is 6.17. The molecule has 1 aromatic heterocycles. The maximum absolute atomic E-state index is 4.34. The monoisotopic (exact) mass is 291 g/mol. The van der Waals surface area contributed by atoms with E-state index in [4.69, 9.17) is 0 Å². The van der Waals surface area contributed by atoms with Gasteiger partial charge in [0.25, 0.3) is 0 Å². The topological polar surface area (TPSA) is 44.3 Å². The van der Waals surface area contributed by atoms with Gasteiger partial charge in [-0.25, -0.2) is 9.97 Å². The van der Waals surface area contributed by atoms with Crippen molar-refractivity contribution in [3.05, 3.63) is 18.5 Å². The van der Waals surface area contributed by atoms with Gasteiger partial charge in [-0.05, 0) is 32.4 Å². The molecule has 0 spiro atoms. The molecular weight excluding hydrogens is 262 g/mol. The number of anilines is 1. The van der Waals surface area contributed by atoms with E-state index in [0.717, 1.165) is 38.7 Å². The minimum absolute atomic E-state index is 0.592. The molecule has 0 radical (unpaired) electrons. The molecule has 1 saturated heterocycles. The minimum Gasteiger partial charge on any atom is -0.338 e. The molecule has 1 aliphatic rings. The van der Waals surface area contributed by atoms with Crippen molar-refractivity contribution in [1.29, 1.82) is 0 Å². The number of hydrogen-bond donors (Lipinski definition) is 1. The Morgan fingerprint density at radius 3 is 2.38 bits per heavy atom. The highest BCUT2D eigenvalue weighted by Gasteiger charge is 2.21. The van der Waals surface area contributed by atoms with E-state index in [2.05, 4.69) is 45.9 Å². The third-order valence-corrected chi connectivity index (χ3v) is 4.12. The van der Waals surface area contributed by atoms with Gasteiger partial charge in [0.05, 0.1) is 0 Å². The van der Waals surface area contributed by atoms with Gasteiger partial charge < -0.3 is 10.2 Å². The van der Waals surface area contributed by atoms with Gasteiger partial charge in [0, 0.05) is 50.7 Å². The molecule has 1 aromatic rings. The van der Waals surface area contributed by atoms with Gasteiger partial charge in [0.15, 0.2) is 0 Å². The molecule has 1 fully saturated rings. The number of rotatable bonds is 7. The normalized spacial score (nSPS) is 18.2. The molecule has 0 amide bonds. The Balaban J connectivity index is 1.68. The number of hydrogen-bond acceptors (Lipinski definition) is 5. The van der Waals surface area contributed by atoms with Crippen molar-refractivity contribution in [1.82, 2.24) is 20.2 Å². The molecule has 0 bridgehead atoms. The van der Waals surface area contributed by atoms with Gasteiger partial charge in [-0.1, -0.05) is 13.8 Å². The number of nitrogens with one attached hydrogen (secondary N) is 1. The van der Waals surface area contributed by atoms with E-state index in [1.54, 1.807) is 0 Å². The summed E-state index contributed by atoms with van der Waals surface area (Å²) in [6, 6.07) is 3.13. The molecule has 21 heavy (non-hydrogen) atoms. The zero-order valence-corrected chi connectivity index (χ0v) is 13.6. The van der Waals surface area contributed by atoms with Crippen LogP contribution in [0.15, 0.2) is 18.5 Å². The van der Waals surface area contributed by atoms with Crippen molar-refractivity contribution in [3.8, 4) is 0 Å². The average molecular weight is 291 g/mol. The van der Waals surface area contributed by atoms with Crippen LogP contribution in [-0.4, -0.2) is 59.7 Å². The highest BCUT2D eigenvalue weighted by Crippen LogP contribution is 2.13. The van der Waals surface area contributed by atoms with E-state index >= 15 is 0 Å². The standard InChI is InChI=1S/C16H29N5/c1-14(2)17-7-4-6-15(3)20-10-12-21(13-11-20)16-18-8-5-9-19-16/h5,8-9,14-15,17H,4,6-7,10-13H2,1-3H3. The maximum atomic E-state index is 4.34. The van der Waals surface area contributed by atoms with Crippen LogP contribution in [0.5, 0.6) is 0 Å². The van der Waals surface area contributed by atoms with Gasteiger partial charge in [-0.3, -0.25) is 4.90 Å². The SMILES string of the molecule is CC(C)NCCCC(C)N1CCN(c2ncccn2)CC1. The first-order chi connectivity index (χ1) is 10.2. The van der Waals surface area contributed by atoms with Crippen molar-refractivity contribution in [2.75, 3.05) is 37.6 Å². The highest BCUT2D eigenvalue weighted by atomic mass is 15.3. The first-order valence-electron chi connectivity index (χ1n) is 8.16. The quantitative estimate of drug-likeness (QED) is 0.776. The van der Waals surface area contributed by atoms with Crippen LogP contribution in [0.1, 0.15) is 33.6 Å².